The van der Waals surface area contributed by atoms with E-state index >= 15 is 0 Å². The molecular formula is C13H28N2O3S. The highest BCUT2D eigenvalue weighted by Gasteiger charge is 2.20. The zero-order chi connectivity index (χ0) is 16.0. The minimum Gasteiger partial charge on any atom is -0.391 e. The van der Waals surface area contributed by atoms with E-state index in [1.807, 2.05) is 6.26 Å². The second-order valence-corrected chi connectivity index (χ2v) is 5.16. The van der Waals surface area contributed by atoms with Gasteiger partial charge in [0, 0.05) is 26.5 Å². The van der Waals surface area contributed by atoms with Gasteiger partial charge in [0.2, 0.25) is 5.91 Å². The second-order valence-electron chi connectivity index (χ2n) is 4.17. The standard InChI is InChI=1S/C12H24N2O3S.CH4/c1-9(15)12(13-2)10(16)5-4-7-14-11(17)6-8-18-3;/h9,12-13,15H,4-8H2,1-3H3,(H,14,17);1H4/t9-,12+;/m1./s1/i;1D. The van der Waals surface area contributed by atoms with Crippen LogP contribution in [0, 0.1) is 0 Å². The van der Waals surface area contributed by atoms with Gasteiger partial charge in [0.1, 0.15) is 0 Å². The molecule has 1 amide bonds. The van der Waals surface area contributed by atoms with Crippen LogP contribution in [0.15, 0.2) is 0 Å². The maximum Gasteiger partial charge on any atom is 0.220 e. The first-order valence-corrected chi connectivity index (χ1v) is 7.56. The Morgan fingerprint density at radius 1 is 1.42 bits per heavy atom. The highest BCUT2D eigenvalue weighted by Crippen LogP contribution is 2.00. The van der Waals surface area contributed by atoms with Crippen LogP contribution in [0.4, 0.5) is 0 Å². The lowest BCUT2D eigenvalue weighted by molar-refractivity contribution is -0.124. The Morgan fingerprint density at radius 2 is 2.05 bits per heavy atom. The molecule has 19 heavy (non-hydrogen) atoms. The molecule has 0 aliphatic carbocycles. The van der Waals surface area contributed by atoms with Crippen molar-refractivity contribution in [2.45, 2.75) is 45.7 Å². The van der Waals surface area contributed by atoms with Crippen LogP contribution in [0.2, 0.25) is 0 Å². The predicted molar refractivity (Wildman–Crippen MR) is 81.5 cm³/mol. The molecule has 0 rings (SSSR count). The maximum atomic E-state index is 11.7. The van der Waals surface area contributed by atoms with Crippen LogP contribution < -0.4 is 10.6 Å². The summed E-state index contributed by atoms with van der Waals surface area (Å²) in [6.07, 6.45) is 2.74. The second kappa shape index (κ2) is 12.4. The average Bonchev–Trinajstić information content (AvgIpc) is 2.43. The lowest BCUT2D eigenvalue weighted by Crippen LogP contribution is -2.43. The van der Waals surface area contributed by atoms with E-state index in [9.17, 15) is 14.7 Å². The highest BCUT2D eigenvalue weighted by atomic mass is 32.2. The summed E-state index contributed by atoms with van der Waals surface area (Å²) < 4.78 is 5.75. The quantitative estimate of drug-likeness (QED) is 0.520. The molecule has 114 valence electrons. The number of aliphatic hydroxyl groups excluding tert-OH is 1. The summed E-state index contributed by atoms with van der Waals surface area (Å²) in [7, 11) is 2.90. The first kappa shape index (κ1) is 18.4. The van der Waals surface area contributed by atoms with Crippen molar-refractivity contribution >= 4 is 23.5 Å². The van der Waals surface area contributed by atoms with Gasteiger partial charge in [0.05, 0.1) is 12.1 Å². The van der Waals surface area contributed by atoms with Crippen LogP contribution in [0.1, 0.15) is 35.0 Å². The number of amides is 1. The number of Topliss-reactive ketones (excluding diaryl/α,β-unsaturated/α-hetero) is 1. The third-order valence-electron chi connectivity index (χ3n) is 2.60. The summed E-state index contributed by atoms with van der Waals surface area (Å²) in [4.78, 5) is 23.0. The number of hydrogen-bond donors (Lipinski definition) is 3. The minimum absolute atomic E-state index is 0.0223. The highest BCUT2D eigenvalue weighted by molar-refractivity contribution is 7.98. The fraction of sp³-hybridized carbons (Fsp3) is 0.846. The van der Waals surface area contributed by atoms with E-state index in [0.717, 1.165) is 5.75 Å². The van der Waals surface area contributed by atoms with E-state index in [2.05, 4.69) is 10.6 Å². The van der Waals surface area contributed by atoms with Gasteiger partial charge in [0.15, 0.2) is 5.78 Å². The largest absolute Gasteiger partial charge is 0.391 e. The van der Waals surface area contributed by atoms with E-state index in [-0.39, 0.29) is 11.7 Å². The number of thioether (sulfide) groups is 1. The summed E-state index contributed by atoms with van der Waals surface area (Å²) in [5.41, 5.74) is 0. The number of carbonyl (C=O) groups is 2. The van der Waals surface area contributed by atoms with Crippen molar-refractivity contribution in [1.82, 2.24) is 10.6 Å². The number of ketones is 1. The van der Waals surface area contributed by atoms with Crippen molar-refractivity contribution in [2.75, 3.05) is 25.6 Å². The molecule has 0 aliphatic heterocycles. The molecule has 0 bridgehead atoms. The molecule has 0 saturated carbocycles. The molecule has 0 fully saturated rings. The fourth-order valence-corrected chi connectivity index (χ4v) is 1.99. The Bertz CT molecular complexity index is 266. The van der Waals surface area contributed by atoms with Gasteiger partial charge in [-0.15, -0.1) is 0 Å². The third-order valence-corrected chi connectivity index (χ3v) is 3.21. The molecule has 6 heteroatoms. The maximum absolute atomic E-state index is 11.7. The van der Waals surface area contributed by atoms with Crippen molar-refractivity contribution in [2.24, 2.45) is 0 Å². The Morgan fingerprint density at radius 3 is 2.53 bits per heavy atom. The van der Waals surface area contributed by atoms with Gasteiger partial charge < -0.3 is 15.7 Å². The molecule has 0 aromatic rings. The number of rotatable bonds is 10. The summed E-state index contributed by atoms with van der Waals surface area (Å²) in [6.45, 7) is 2.10. The molecule has 0 aliphatic rings. The topological polar surface area (TPSA) is 78.4 Å². The van der Waals surface area contributed by atoms with Gasteiger partial charge in [-0.2, -0.15) is 11.8 Å². The smallest absolute Gasteiger partial charge is 0.220 e. The summed E-state index contributed by atoms with van der Waals surface area (Å²) in [5, 5.41) is 14.9. The van der Waals surface area contributed by atoms with E-state index < -0.39 is 12.1 Å². The summed E-state index contributed by atoms with van der Waals surface area (Å²) in [5.74, 6) is 0.817. The molecule has 0 spiro atoms. The summed E-state index contributed by atoms with van der Waals surface area (Å²) in [6, 6.07) is -0.516. The number of carbonyl (C=O) groups excluding carboxylic acids is 2. The SMILES string of the molecule is CN[C@H](C(=O)CCCNC(=O)CCSC)[C@@H](C)O.[2H]C. The lowest BCUT2D eigenvalue weighted by Gasteiger charge is -2.17. The molecule has 2 atom stereocenters. The molecule has 0 saturated heterocycles. The van der Waals surface area contributed by atoms with Gasteiger partial charge in [-0.25, -0.2) is 0 Å². The number of hydrogen-bond acceptors (Lipinski definition) is 5. The molecule has 0 aromatic heterocycles. The zero-order valence-electron chi connectivity index (χ0n) is 13.4. The van der Waals surface area contributed by atoms with Crippen molar-refractivity contribution in [3.8, 4) is 0 Å². The predicted octanol–water partition coefficient (Wildman–Crippen LogP) is 0.810. The van der Waals surface area contributed by atoms with Gasteiger partial charge in [-0.1, -0.05) is 7.40 Å². The Kier molecular flexibility index (Phi) is 12.1. The average molecular weight is 293 g/mol. The Hall–Kier alpha value is -0.590. The van der Waals surface area contributed by atoms with Crippen LogP contribution in [-0.2, 0) is 9.59 Å². The molecular weight excluding hydrogens is 264 g/mol. The number of nitrogens with one attached hydrogen (secondary N) is 2. The molecule has 3 N–H and O–H groups in total. The van der Waals surface area contributed by atoms with Crippen molar-refractivity contribution < 1.29 is 16.1 Å². The zero-order valence-corrected chi connectivity index (χ0v) is 13.2. The number of likely N-dealkylation sites (N-methyl/N-ethyl adjacent to an activating group) is 1. The first-order chi connectivity index (χ1) is 9.52. The van der Waals surface area contributed by atoms with Gasteiger partial charge in [-0.05, 0) is 26.6 Å². The van der Waals surface area contributed by atoms with E-state index in [1.165, 1.54) is 7.40 Å². The van der Waals surface area contributed by atoms with Gasteiger partial charge in [0.25, 0.3) is 0 Å². The van der Waals surface area contributed by atoms with Crippen LogP contribution in [0.25, 0.3) is 0 Å². The van der Waals surface area contributed by atoms with E-state index in [1.54, 1.807) is 25.7 Å². The van der Waals surface area contributed by atoms with Crippen LogP contribution in [0.3, 0.4) is 0 Å². The lowest BCUT2D eigenvalue weighted by atomic mass is 10.0. The molecule has 0 radical (unpaired) electrons. The Balaban J connectivity index is 0. The van der Waals surface area contributed by atoms with Crippen LogP contribution in [-0.4, -0.2) is 54.5 Å². The van der Waals surface area contributed by atoms with Gasteiger partial charge in [-0.3, -0.25) is 9.59 Å². The van der Waals surface area contributed by atoms with Crippen molar-refractivity contribution in [1.29, 1.82) is 0 Å². The molecule has 0 unspecified atom stereocenters. The monoisotopic (exact) mass is 293 g/mol. The van der Waals surface area contributed by atoms with Crippen molar-refractivity contribution in [3.05, 3.63) is 0 Å². The summed E-state index contributed by atoms with van der Waals surface area (Å²) >= 11 is 1.63. The van der Waals surface area contributed by atoms with Crippen LogP contribution in [0.5, 0.6) is 0 Å². The number of aliphatic hydroxyl groups is 1. The minimum atomic E-state index is -0.696. The fourth-order valence-electron chi connectivity index (χ4n) is 1.60. The van der Waals surface area contributed by atoms with E-state index in [0.29, 0.717) is 25.8 Å². The molecule has 5 nitrogen and oxygen atoms in total. The third kappa shape index (κ3) is 9.92. The van der Waals surface area contributed by atoms with Crippen LogP contribution >= 0.6 is 11.8 Å². The molecule has 0 heterocycles. The van der Waals surface area contributed by atoms with Crippen molar-refractivity contribution in [3.63, 3.8) is 0 Å². The normalized spacial score (nSPS) is 13.6. The van der Waals surface area contributed by atoms with E-state index in [4.69, 9.17) is 1.37 Å². The first-order valence-electron chi connectivity index (χ1n) is 7.16. The Labute approximate surface area is 122 Å². The van der Waals surface area contributed by atoms with Gasteiger partial charge >= 0.3 is 0 Å². The molecule has 0 aromatic carbocycles.